The minimum absolute atomic E-state index is 0.176. The van der Waals surface area contributed by atoms with Crippen LogP contribution in [0.1, 0.15) is 23.7 Å². The highest BCUT2D eigenvalue weighted by atomic mass is 16.3. The molecule has 0 radical (unpaired) electrons. The average Bonchev–Trinajstić information content (AvgIpc) is 2.84. The molecule has 0 bridgehead atoms. The van der Waals surface area contributed by atoms with Gasteiger partial charge in [-0.25, -0.2) is 0 Å². The molecule has 0 spiro atoms. The van der Waals surface area contributed by atoms with Crippen LogP contribution in [0, 0.1) is 11.8 Å². The van der Waals surface area contributed by atoms with E-state index in [-0.39, 0.29) is 17.5 Å². The Morgan fingerprint density at radius 1 is 1.05 bits per heavy atom. The van der Waals surface area contributed by atoms with E-state index in [1.807, 2.05) is 6.07 Å². The van der Waals surface area contributed by atoms with Crippen molar-refractivity contribution in [2.24, 2.45) is 17.6 Å². The van der Waals surface area contributed by atoms with Gasteiger partial charge in [0.15, 0.2) is 11.4 Å². The van der Waals surface area contributed by atoms with Crippen LogP contribution in [-0.4, -0.2) is 73.6 Å². The van der Waals surface area contributed by atoms with Crippen molar-refractivity contribution in [3.05, 3.63) is 70.5 Å². The molecule has 0 unspecified atom stereocenters. The van der Waals surface area contributed by atoms with Crippen LogP contribution in [0.5, 0.6) is 5.75 Å². The first-order valence-electron chi connectivity index (χ1n) is 11.7. The number of amides is 1. The summed E-state index contributed by atoms with van der Waals surface area (Å²) in [6, 6.07) is 10.6. The van der Waals surface area contributed by atoms with Crippen molar-refractivity contribution in [1.29, 1.82) is 0 Å². The Balaban J connectivity index is 1.79. The molecule has 3 aliphatic carbocycles. The van der Waals surface area contributed by atoms with Crippen LogP contribution in [-0.2, 0) is 14.4 Å². The predicted molar refractivity (Wildman–Crippen MR) is 131 cm³/mol. The van der Waals surface area contributed by atoms with Crippen molar-refractivity contribution in [2.75, 3.05) is 14.1 Å². The fourth-order valence-corrected chi connectivity index (χ4v) is 6.15. The lowest BCUT2D eigenvalue weighted by molar-refractivity contribution is -0.155. The fraction of sp³-hybridized carbons (Fsp3) is 0.296. The van der Waals surface area contributed by atoms with Crippen LogP contribution < -0.4 is 5.73 Å². The van der Waals surface area contributed by atoms with E-state index in [0.29, 0.717) is 11.1 Å². The van der Waals surface area contributed by atoms with E-state index >= 15 is 0 Å². The molecule has 0 aromatic heterocycles. The number of nitrogens with two attached hydrogens (primary N) is 1. The van der Waals surface area contributed by atoms with Gasteiger partial charge in [0.1, 0.15) is 22.8 Å². The van der Waals surface area contributed by atoms with Crippen molar-refractivity contribution in [2.45, 2.75) is 24.2 Å². The highest BCUT2D eigenvalue weighted by Gasteiger charge is 2.65. The van der Waals surface area contributed by atoms with Gasteiger partial charge < -0.3 is 31.3 Å². The molecule has 5 atom stereocenters. The van der Waals surface area contributed by atoms with Crippen molar-refractivity contribution >= 4 is 23.2 Å². The van der Waals surface area contributed by atoms with Gasteiger partial charge in [-0.05, 0) is 37.7 Å². The molecule has 3 aliphatic rings. The molecule has 1 fully saturated rings. The summed E-state index contributed by atoms with van der Waals surface area (Å²) >= 11 is 0. The number of likely N-dealkylation sites (N-methyl/N-ethyl adjacent to an activating group) is 1. The zero-order chi connectivity index (χ0) is 27.0. The SMILES string of the molecule is CN(C)[C@H]1C(=O)C(C(N)=O)=C(O)[C@@]2(O)C(=O)C3=C(O)c4c(O)ccc(-c5ccccc5)c4[C@@H](O)[C@@H]3C[C@@H]12. The summed E-state index contributed by atoms with van der Waals surface area (Å²) in [5, 5.41) is 56.1. The molecule has 1 amide bonds. The third-order valence-corrected chi connectivity index (χ3v) is 7.78. The van der Waals surface area contributed by atoms with Gasteiger partial charge >= 0.3 is 0 Å². The molecule has 1 saturated carbocycles. The second kappa shape index (κ2) is 8.27. The first kappa shape index (κ1) is 24.7. The summed E-state index contributed by atoms with van der Waals surface area (Å²) < 4.78 is 0. The number of fused-ring (bicyclic) bond motifs is 3. The van der Waals surface area contributed by atoms with Crippen LogP contribution in [0.3, 0.4) is 0 Å². The summed E-state index contributed by atoms with van der Waals surface area (Å²) in [7, 11) is 3.02. The van der Waals surface area contributed by atoms with E-state index < -0.39 is 75.5 Å². The number of rotatable bonds is 3. The molecule has 10 nitrogen and oxygen atoms in total. The first-order chi connectivity index (χ1) is 17.4. The Morgan fingerprint density at radius 2 is 1.70 bits per heavy atom. The van der Waals surface area contributed by atoms with E-state index in [1.165, 1.54) is 25.1 Å². The highest BCUT2D eigenvalue weighted by molar-refractivity contribution is 6.24. The molecule has 2 aromatic carbocycles. The topological polar surface area (TPSA) is 182 Å². The second-order valence-electron chi connectivity index (χ2n) is 9.90. The Kier molecular flexibility index (Phi) is 5.52. The van der Waals surface area contributed by atoms with Crippen molar-refractivity contribution in [3.63, 3.8) is 0 Å². The Morgan fingerprint density at radius 3 is 2.30 bits per heavy atom. The summed E-state index contributed by atoms with van der Waals surface area (Å²) in [6.07, 6.45) is -1.63. The first-order valence-corrected chi connectivity index (χ1v) is 11.7. The summed E-state index contributed by atoms with van der Waals surface area (Å²) in [5.41, 5.74) is 2.47. The molecule has 2 aromatic rings. The standard InChI is InChI=1S/C27H26N2O8/c1-29(2)20-14-10-13-17(24(34)27(14,37)25(35)19(23(20)33)26(28)36)22(32)18-15(30)9-8-12(16(18)21(13)31)11-6-4-3-5-7-11/h3-9,13-14,20-21,30-32,35,37H,10H2,1-2H3,(H2,28,36)/t13-,14+,20-,21+,27+/m1/s1. The number of carbonyl (C=O) groups excluding carboxylic acids is 3. The number of nitrogens with zero attached hydrogens (tertiary/aromatic N) is 1. The van der Waals surface area contributed by atoms with Crippen LogP contribution in [0.15, 0.2) is 59.4 Å². The lowest BCUT2D eigenvalue weighted by atomic mass is 9.56. The quantitative estimate of drug-likeness (QED) is 0.332. The number of primary amides is 1. The number of aromatic hydroxyl groups is 1. The number of aliphatic hydroxyl groups excluding tert-OH is 3. The molecule has 10 heteroatoms. The normalized spacial score (nSPS) is 29.2. The van der Waals surface area contributed by atoms with Gasteiger partial charge in [-0.3, -0.25) is 19.3 Å². The van der Waals surface area contributed by atoms with Gasteiger partial charge in [0.05, 0.1) is 17.7 Å². The lowest BCUT2D eigenvalue weighted by Gasteiger charge is -2.51. The third kappa shape index (κ3) is 3.19. The number of hydrogen-bond acceptors (Lipinski definition) is 9. The van der Waals surface area contributed by atoms with E-state index in [4.69, 9.17) is 5.73 Å². The number of Topliss-reactive ketones (excluding diaryl/α,β-unsaturated/α-hetero) is 2. The minimum atomic E-state index is -2.77. The maximum absolute atomic E-state index is 13.9. The number of phenolic OH excluding ortho intramolecular Hbond substituents is 1. The molecule has 0 aliphatic heterocycles. The van der Waals surface area contributed by atoms with Gasteiger partial charge in [0.2, 0.25) is 5.78 Å². The molecule has 7 N–H and O–H groups in total. The van der Waals surface area contributed by atoms with Crippen LogP contribution in [0.4, 0.5) is 0 Å². The molecule has 0 saturated heterocycles. The average molecular weight is 507 g/mol. The van der Waals surface area contributed by atoms with Crippen LogP contribution in [0.2, 0.25) is 0 Å². The third-order valence-electron chi connectivity index (χ3n) is 7.78. The fourth-order valence-electron chi connectivity index (χ4n) is 6.15. The monoisotopic (exact) mass is 506 g/mol. The Bertz CT molecular complexity index is 1430. The number of hydrogen-bond donors (Lipinski definition) is 6. The number of carbonyl (C=O) groups is 3. The van der Waals surface area contributed by atoms with Gasteiger partial charge in [-0.15, -0.1) is 0 Å². The molecule has 0 heterocycles. The number of aliphatic hydroxyl groups is 4. The van der Waals surface area contributed by atoms with Gasteiger partial charge in [-0.1, -0.05) is 36.4 Å². The smallest absolute Gasteiger partial charge is 0.255 e. The van der Waals surface area contributed by atoms with Crippen LogP contribution >= 0.6 is 0 Å². The largest absolute Gasteiger partial charge is 0.508 e. The zero-order valence-corrected chi connectivity index (χ0v) is 20.0. The van der Waals surface area contributed by atoms with E-state index in [0.717, 1.165) is 0 Å². The number of phenols is 1. The summed E-state index contributed by atoms with van der Waals surface area (Å²) in [6.45, 7) is 0. The van der Waals surface area contributed by atoms with Crippen LogP contribution in [0.25, 0.3) is 16.9 Å². The Hall–Kier alpha value is -3.99. The van der Waals surface area contributed by atoms with Crippen molar-refractivity contribution < 1.29 is 39.9 Å². The maximum atomic E-state index is 13.9. The maximum Gasteiger partial charge on any atom is 0.255 e. The molecule has 192 valence electrons. The van der Waals surface area contributed by atoms with Crippen molar-refractivity contribution in [1.82, 2.24) is 4.90 Å². The number of ketones is 2. The number of benzene rings is 2. The molecule has 37 heavy (non-hydrogen) atoms. The van der Waals surface area contributed by atoms with Gasteiger partial charge in [0, 0.05) is 23.0 Å². The summed E-state index contributed by atoms with van der Waals surface area (Å²) in [5.74, 6) is -7.97. The molecule has 5 rings (SSSR count). The van der Waals surface area contributed by atoms with Crippen molar-refractivity contribution in [3.8, 4) is 16.9 Å². The van der Waals surface area contributed by atoms with Gasteiger partial charge in [0.25, 0.3) is 5.91 Å². The predicted octanol–water partition coefficient (Wildman–Crippen LogP) is 1.12. The minimum Gasteiger partial charge on any atom is -0.508 e. The highest BCUT2D eigenvalue weighted by Crippen LogP contribution is 2.56. The van der Waals surface area contributed by atoms with E-state index in [2.05, 4.69) is 0 Å². The zero-order valence-electron chi connectivity index (χ0n) is 20.0. The Labute approximate surface area is 211 Å². The van der Waals surface area contributed by atoms with E-state index in [9.17, 15) is 39.9 Å². The summed E-state index contributed by atoms with van der Waals surface area (Å²) in [4.78, 5) is 40.5. The van der Waals surface area contributed by atoms with E-state index in [1.54, 1.807) is 30.3 Å². The second-order valence-corrected chi connectivity index (χ2v) is 9.90. The molecular formula is C27H26N2O8. The molecular weight excluding hydrogens is 480 g/mol. The lowest BCUT2D eigenvalue weighted by Crippen LogP contribution is -2.66. The van der Waals surface area contributed by atoms with Gasteiger partial charge in [-0.2, -0.15) is 0 Å².